The maximum atomic E-state index is 12.5. The molecular weight excluding hydrogens is 306 g/mol. The Hall–Kier alpha value is -1.92. The van der Waals surface area contributed by atoms with Gasteiger partial charge in [0.2, 0.25) is 11.8 Å². The number of hydrogen-bond donors (Lipinski definition) is 3. The van der Waals surface area contributed by atoms with Gasteiger partial charge in [-0.05, 0) is 30.7 Å². The third kappa shape index (κ3) is 4.55. The zero-order valence-electron chi connectivity index (χ0n) is 14.6. The van der Waals surface area contributed by atoms with Crippen molar-refractivity contribution in [1.29, 1.82) is 0 Å². The molecule has 1 atom stereocenters. The Morgan fingerprint density at radius 3 is 2.54 bits per heavy atom. The molecule has 0 radical (unpaired) electrons. The Morgan fingerprint density at radius 2 is 2.00 bits per heavy atom. The highest BCUT2D eigenvalue weighted by molar-refractivity contribution is 5.92. The van der Waals surface area contributed by atoms with E-state index in [1.807, 2.05) is 38.1 Å². The maximum Gasteiger partial charge on any atom is 0.230 e. The molecule has 0 aliphatic carbocycles. The van der Waals surface area contributed by atoms with Gasteiger partial charge in [0.1, 0.15) is 0 Å². The average molecular weight is 333 g/mol. The van der Waals surface area contributed by atoms with E-state index in [2.05, 4.69) is 16.0 Å². The summed E-state index contributed by atoms with van der Waals surface area (Å²) in [4.78, 5) is 24.2. The molecule has 132 valence electrons. The van der Waals surface area contributed by atoms with E-state index in [0.717, 1.165) is 24.2 Å². The molecule has 0 aromatic heterocycles. The van der Waals surface area contributed by atoms with Crippen LogP contribution in [0.5, 0.6) is 0 Å². The van der Waals surface area contributed by atoms with Crippen LogP contribution in [0.25, 0.3) is 0 Å². The van der Waals surface area contributed by atoms with Crippen LogP contribution in [0.4, 0.5) is 5.69 Å². The van der Waals surface area contributed by atoms with Crippen molar-refractivity contribution in [1.82, 2.24) is 10.6 Å². The van der Waals surface area contributed by atoms with Crippen molar-refractivity contribution >= 4 is 17.5 Å². The van der Waals surface area contributed by atoms with Crippen LogP contribution in [-0.2, 0) is 20.9 Å². The van der Waals surface area contributed by atoms with E-state index in [-0.39, 0.29) is 17.7 Å². The van der Waals surface area contributed by atoms with E-state index in [9.17, 15) is 9.59 Å². The van der Waals surface area contributed by atoms with Crippen LogP contribution in [0, 0.1) is 11.3 Å². The van der Waals surface area contributed by atoms with Crippen molar-refractivity contribution in [2.24, 2.45) is 11.3 Å². The molecule has 0 bridgehead atoms. The van der Waals surface area contributed by atoms with Crippen molar-refractivity contribution in [3.05, 3.63) is 29.8 Å². The first-order valence-electron chi connectivity index (χ1n) is 8.34. The molecule has 1 unspecified atom stereocenters. The largest absolute Gasteiger partial charge is 0.384 e. The van der Waals surface area contributed by atoms with Gasteiger partial charge in [-0.25, -0.2) is 0 Å². The number of carbonyl (C=O) groups excluding carboxylic acids is 2. The number of nitrogens with one attached hydrogen (secondary N) is 3. The van der Waals surface area contributed by atoms with Crippen molar-refractivity contribution in [2.45, 2.75) is 26.8 Å². The molecule has 6 heteroatoms. The molecule has 1 aromatic carbocycles. The van der Waals surface area contributed by atoms with Crippen LogP contribution < -0.4 is 16.0 Å². The molecule has 1 saturated heterocycles. The molecule has 1 aliphatic rings. The first-order valence-corrected chi connectivity index (χ1v) is 8.34. The van der Waals surface area contributed by atoms with Gasteiger partial charge in [-0.2, -0.15) is 0 Å². The van der Waals surface area contributed by atoms with Gasteiger partial charge in [0.25, 0.3) is 0 Å². The quantitative estimate of drug-likeness (QED) is 0.707. The van der Waals surface area contributed by atoms with Crippen molar-refractivity contribution in [3.63, 3.8) is 0 Å². The Balaban J connectivity index is 1.90. The Kier molecular flexibility index (Phi) is 6.34. The standard InChI is InChI=1S/C18H27N3O3/c1-13(2)16(22)21-15-6-4-14(5-7-15)10-20-17(23)18(12-24-3)8-9-19-11-18/h4-7,13,19H,8-12H2,1-3H3,(H,20,23)(H,21,22). The van der Waals surface area contributed by atoms with Gasteiger partial charge in [-0.1, -0.05) is 26.0 Å². The number of rotatable bonds is 7. The van der Waals surface area contributed by atoms with E-state index >= 15 is 0 Å². The topological polar surface area (TPSA) is 79.5 Å². The summed E-state index contributed by atoms with van der Waals surface area (Å²) in [6.45, 7) is 6.07. The average Bonchev–Trinajstić information content (AvgIpc) is 3.04. The summed E-state index contributed by atoms with van der Waals surface area (Å²) >= 11 is 0. The van der Waals surface area contributed by atoms with E-state index in [1.54, 1.807) is 7.11 Å². The van der Waals surface area contributed by atoms with Gasteiger partial charge in [0.05, 0.1) is 12.0 Å². The molecule has 1 aromatic rings. The number of ether oxygens (including phenoxy) is 1. The van der Waals surface area contributed by atoms with E-state index < -0.39 is 5.41 Å². The highest BCUT2D eigenvalue weighted by Crippen LogP contribution is 2.26. The summed E-state index contributed by atoms with van der Waals surface area (Å²) in [5.74, 6) is -0.0428. The SMILES string of the molecule is COCC1(C(=O)NCc2ccc(NC(=O)C(C)C)cc2)CCNC1. The molecular formula is C18H27N3O3. The smallest absolute Gasteiger partial charge is 0.230 e. The Labute approximate surface area is 143 Å². The summed E-state index contributed by atoms with van der Waals surface area (Å²) in [5, 5.41) is 9.08. The van der Waals surface area contributed by atoms with Crippen molar-refractivity contribution in [3.8, 4) is 0 Å². The lowest BCUT2D eigenvalue weighted by Gasteiger charge is -2.26. The highest BCUT2D eigenvalue weighted by atomic mass is 16.5. The Bertz CT molecular complexity index is 563. The summed E-state index contributed by atoms with van der Waals surface area (Å²) in [7, 11) is 1.62. The van der Waals surface area contributed by atoms with Gasteiger partial charge in [0.15, 0.2) is 0 Å². The minimum atomic E-state index is -0.472. The van der Waals surface area contributed by atoms with Crippen LogP contribution >= 0.6 is 0 Å². The maximum absolute atomic E-state index is 12.5. The molecule has 2 amide bonds. The second-order valence-electron chi connectivity index (χ2n) is 6.66. The van der Waals surface area contributed by atoms with E-state index in [1.165, 1.54) is 0 Å². The first kappa shape index (κ1) is 18.4. The summed E-state index contributed by atoms with van der Waals surface area (Å²) in [6, 6.07) is 7.52. The minimum Gasteiger partial charge on any atom is -0.384 e. The van der Waals surface area contributed by atoms with Gasteiger partial charge < -0.3 is 20.7 Å². The first-order chi connectivity index (χ1) is 11.5. The number of benzene rings is 1. The van der Waals surface area contributed by atoms with Crippen LogP contribution in [0.15, 0.2) is 24.3 Å². The number of carbonyl (C=O) groups is 2. The second kappa shape index (κ2) is 8.26. The second-order valence-corrected chi connectivity index (χ2v) is 6.66. The fourth-order valence-electron chi connectivity index (χ4n) is 2.76. The molecule has 6 nitrogen and oxygen atoms in total. The molecule has 3 N–H and O–H groups in total. The number of amides is 2. The summed E-state index contributed by atoms with van der Waals surface area (Å²) in [6.07, 6.45) is 0.785. The van der Waals surface area contributed by atoms with Crippen molar-refractivity contribution in [2.75, 3.05) is 32.1 Å². The molecule has 0 spiro atoms. The fourth-order valence-corrected chi connectivity index (χ4v) is 2.76. The molecule has 2 rings (SSSR count). The molecule has 0 saturated carbocycles. The Morgan fingerprint density at radius 1 is 1.29 bits per heavy atom. The van der Waals surface area contributed by atoms with Crippen LogP contribution in [-0.4, -0.2) is 38.6 Å². The monoisotopic (exact) mass is 333 g/mol. The third-order valence-electron chi connectivity index (χ3n) is 4.34. The lowest BCUT2D eigenvalue weighted by molar-refractivity contribution is -0.133. The molecule has 1 aliphatic heterocycles. The summed E-state index contributed by atoms with van der Waals surface area (Å²) < 4.78 is 5.23. The molecule has 1 heterocycles. The molecule has 24 heavy (non-hydrogen) atoms. The molecule has 1 fully saturated rings. The highest BCUT2D eigenvalue weighted by Gasteiger charge is 2.41. The number of anilines is 1. The van der Waals surface area contributed by atoms with E-state index in [4.69, 9.17) is 4.74 Å². The lowest BCUT2D eigenvalue weighted by Crippen LogP contribution is -2.45. The normalized spacial score (nSPS) is 20.2. The van der Waals surface area contributed by atoms with E-state index in [0.29, 0.717) is 19.7 Å². The third-order valence-corrected chi connectivity index (χ3v) is 4.34. The lowest BCUT2D eigenvalue weighted by atomic mass is 9.87. The van der Waals surface area contributed by atoms with Gasteiger partial charge in [-0.15, -0.1) is 0 Å². The van der Waals surface area contributed by atoms with Crippen LogP contribution in [0.3, 0.4) is 0 Å². The minimum absolute atomic E-state index is 0.00806. The van der Waals surface area contributed by atoms with Gasteiger partial charge >= 0.3 is 0 Å². The van der Waals surface area contributed by atoms with Crippen LogP contribution in [0.2, 0.25) is 0 Å². The summed E-state index contributed by atoms with van der Waals surface area (Å²) in [5.41, 5.74) is 1.28. The van der Waals surface area contributed by atoms with Gasteiger partial charge in [-0.3, -0.25) is 9.59 Å². The van der Waals surface area contributed by atoms with Crippen molar-refractivity contribution < 1.29 is 14.3 Å². The predicted molar refractivity (Wildman–Crippen MR) is 93.6 cm³/mol. The predicted octanol–water partition coefficient (Wildman–Crippen LogP) is 1.52. The zero-order chi connectivity index (χ0) is 17.6. The van der Waals surface area contributed by atoms with Crippen LogP contribution in [0.1, 0.15) is 25.8 Å². The number of hydrogen-bond acceptors (Lipinski definition) is 4. The van der Waals surface area contributed by atoms with Gasteiger partial charge in [0, 0.05) is 31.8 Å². The fraction of sp³-hybridized carbons (Fsp3) is 0.556. The number of methoxy groups -OCH3 is 1. The zero-order valence-corrected chi connectivity index (χ0v) is 14.6.